The zero-order valence-corrected chi connectivity index (χ0v) is 10.4. The molecule has 2 aromatic heterocycles. The molecule has 0 saturated heterocycles. The normalized spacial score (nSPS) is 10.2. The summed E-state index contributed by atoms with van der Waals surface area (Å²) >= 11 is 0. The number of nitrogens with one attached hydrogen (secondary N) is 2. The molecule has 20 heavy (non-hydrogen) atoms. The monoisotopic (exact) mass is 279 g/mol. The highest BCUT2D eigenvalue weighted by Gasteiger charge is 2.06. The molecule has 2 amide bonds. The lowest BCUT2D eigenvalue weighted by molar-refractivity contribution is -0.137. The standard InChI is InChI=1S/C11H13N5O4/c17-10(18)7-16-6-8(14-15-16)4-12-11(19)13-5-9-2-1-3-20-9/h1-3,6H,4-5,7H2,(H,17,18)(H2,12,13,19). The van der Waals surface area contributed by atoms with Crippen LogP contribution in [0.4, 0.5) is 4.79 Å². The summed E-state index contributed by atoms with van der Waals surface area (Å²) in [5, 5.41) is 21.1. The number of furan rings is 1. The van der Waals surface area contributed by atoms with Gasteiger partial charge in [-0.1, -0.05) is 5.21 Å². The minimum absolute atomic E-state index is 0.156. The van der Waals surface area contributed by atoms with Crippen LogP contribution in [0.15, 0.2) is 29.0 Å². The van der Waals surface area contributed by atoms with Crippen LogP contribution in [0, 0.1) is 0 Å². The van der Waals surface area contributed by atoms with Crippen LogP contribution < -0.4 is 10.6 Å². The van der Waals surface area contributed by atoms with E-state index >= 15 is 0 Å². The van der Waals surface area contributed by atoms with Crippen LogP contribution in [0.3, 0.4) is 0 Å². The average molecular weight is 279 g/mol. The van der Waals surface area contributed by atoms with E-state index in [1.54, 1.807) is 12.1 Å². The number of aromatic nitrogens is 3. The van der Waals surface area contributed by atoms with Gasteiger partial charge in [-0.25, -0.2) is 9.48 Å². The Hall–Kier alpha value is -2.84. The molecule has 0 aliphatic rings. The number of aliphatic carboxylic acids is 1. The maximum Gasteiger partial charge on any atom is 0.325 e. The van der Waals surface area contributed by atoms with Crippen molar-refractivity contribution in [2.24, 2.45) is 0 Å². The van der Waals surface area contributed by atoms with E-state index in [2.05, 4.69) is 20.9 Å². The summed E-state index contributed by atoms with van der Waals surface area (Å²) in [5.74, 6) is -0.363. The molecule has 9 heteroatoms. The molecular formula is C11H13N5O4. The third-order valence-corrected chi connectivity index (χ3v) is 2.32. The lowest BCUT2D eigenvalue weighted by Gasteiger charge is -2.04. The van der Waals surface area contributed by atoms with Crippen LogP contribution in [-0.4, -0.2) is 32.1 Å². The highest BCUT2D eigenvalue weighted by Crippen LogP contribution is 1.98. The molecule has 0 unspecified atom stereocenters. The highest BCUT2D eigenvalue weighted by atomic mass is 16.4. The lowest BCUT2D eigenvalue weighted by atomic mass is 10.4. The fourth-order valence-electron chi connectivity index (χ4n) is 1.45. The number of carbonyl (C=O) groups is 2. The first kappa shape index (κ1) is 13.6. The van der Waals surface area contributed by atoms with Crippen molar-refractivity contribution in [2.45, 2.75) is 19.6 Å². The minimum Gasteiger partial charge on any atom is -0.480 e. The Bertz CT molecular complexity index is 577. The van der Waals surface area contributed by atoms with Crippen LogP contribution in [0.1, 0.15) is 11.5 Å². The number of urea groups is 1. The van der Waals surface area contributed by atoms with Crippen LogP contribution in [0.25, 0.3) is 0 Å². The van der Waals surface area contributed by atoms with Gasteiger partial charge in [-0.15, -0.1) is 5.10 Å². The van der Waals surface area contributed by atoms with Gasteiger partial charge in [0.05, 0.1) is 25.5 Å². The summed E-state index contributed by atoms with van der Waals surface area (Å²) in [5.41, 5.74) is 0.472. The third-order valence-electron chi connectivity index (χ3n) is 2.32. The van der Waals surface area contributed by atoms with Crippen molar-refractivity contribution < 1.29 is 19.1 Å². The molecule has 0 aliphatic carbocycles. The van der Waals surface area contributed by atoms with Crippen LogP contribution in [0.5, 0.6) is 0 Å². The van der Waals surface area contributed by atoms with Gasteiger partial charge in [-0.3, -0.25) is 4.79 Å². The molecule has 0 fully saturated rings. The first-order valence-electron chi connectivity index (χ1n) is 5.78. The molecule has 0 bridgehead atoms. The Labute approximate surface area is 113 Å². The molecule has 3 N–H and O–H groups in total. The fraction of sp³-hybridized carbons (Fsp3) is 0.273. The SMILES string of the molecule is O=C(O)Cn1cc(CNC(=O)NCc2ccco2)nn1. The lowest BCUT2D eigenvalue weighted by Crippen LogP contribution is -2.34. The zero-order valence-electron chi connectivity index (χ0n) is 10.4. The average Bonchev–Trinajstić information content (AvgIpc) is 3.04. The molecule has 0 aliphatic heterocycles. The van der Waals surface area contributed by atoms with E-state index in [1.807, 2.05) is 0 Å². The minimum atomic E-state index is -1.01. The van der Waals surface area contributed by atoms with Gasteiger partial charge in [0.2, 0.25) is 0 Å². The van der Waals surface area contributed by atoms with Gasteiger partial charge in [0.25, 0.3) is 0 Å². The molecule has 2 heterocycles. The number of carboxylic acids is 1. The summed E-state index contributed by atoms with van der Waals surface area (Å²) < 4.78 is 6.24. The van der Waals surface area contributed by atoms with Gasteiger partial charge in [-0.2, -0.15) is 0 Å². The first-order chi connectivity index (χ1) is 9.63. The van der Waals surface area contributed by atoms with Crippen molar-refractivity contribution in [1.29, 1.82) is 0 Å². The van der Waals surface area contributed by atoms with Crippen LogP contribution in [-0.2, 0) is 24.4 Å². The maximum atomic E-state index is 11.5. The van der Waals surface area contributed by atoms with Crippen molar-refractivity contribution in [3.8, 4) is 0 Å². The fourth-order valence-corrected chi connectivity index (χ4v) is 1.45. The number of carboxylic acid groups (broad SMARTS) is 1. The van der Waals surface area contributed by atoms with Crippen molar-refractivity contribution in [3.63, 3.8) is 0 Å². The van der Waals surface area contributed by atoms with Gasteiger partial charge >= 0.3 is 12.0 Å². The molecule has 0 saturated carbocycles. The van der Waals surface area contributed by atoms with Gasteiger partial charge in [0, 0.05) is 0 Å². The van der Waals surface area contributed by atoms with E-state index in [1.165, 1.54) is 17.1 Å². The van der Waals surface area contributed by atoms with E-state index in [9.17, 15) is 9.59 Å². The van der Waals surface area contributed by atoms with Gasteiger partial charge in [-0.05, 0) is 12.1 Å². The zero-order chi connectivity index (χ0) is 14.4. The molecule has 106 valence electrons. The Morgan fingerprint density at radius 2 is 2.15 bits per heavy atom. The summed E-state index contributed by atoms with van der Waals surface area (Å²) in [6.45, 7) is 0.172. The predicted molar refractivity (Wildman–Crippen MR) is 65.4 cm³/mol. The second-order valence-corrected chi connectivity index (χ2v) is 3.92. The van der Waals surface area contributed by atoms with Crippen molar-refractivity contribution in [1.82, 2.24) is 25.6 Å². The number of nitrogens with zero attached hydrogens (tertiary/aromatic N) is 3. The van der Waals surface area contributed by atoms with E-state index < -0.39 is 5.97 Å². The number of hydrogen-bond acceptors (Lipinski definition) is 5. The van der Waals surface area contributed by atoms with E-state index in [0.717, 1.165) is 0 Å². The van der Waals surface area contributed by atoms with Gasteiger partial charge < -0.3 is 20.2 Å². The number of carbonyl (C=O) groups excluding carboxylic acids is 1. The van der Waals surface area contributed by atoms with Crippen molar-refractivity contribution >= 4 is 12.0 Å². The highest BCUT2D eigenvalue weighted by molar-refractivity contribution is 5.73. The van der Waals surface area contributed by atoms with Crippen molar-refractivity contribution in [2.75, 3.05) is 0 Å². The van der Waals surface area contributed by atoms with Crippen LogP contribution in [0.2, 0.25) is 0 Å². The molecule has 2 aromatic rings. The summed E-state index contributed by atoms with van der Waals surface area (Å²) in [6, 6.07) is 3.10. The predicted octanol–water partition coefficient (Wildman–Crippen LogP) is -0.0449. The van der Waals surface area contributed by atoms with E-state index in [0.29, 0.717) is 11.5 Å². The number of amides is 2. The van der Waals surface area contributed by atoms with Crippen molar-refractivity contribution in [3.05, 3.63) is 36.0 Å². The largest absolute Gasteiger partial charge is 0.480 e. The Morgan fingerprint density at radius 1 is 1.35 bits per heavy atom. The summed E-state index contributed by atoms with van der Waals surface area (Å²) in [6.07, 6.45) is 2.98. The van der Waals surface area contributed by atoms with E-state index in [-0.39, 0.29) is 25.7 Å². The third kappa shape index (κ3) is 4.12. The Kier molecular flexibility index (Phi) is 4.32. The van der Waals surface area contributed by atoms with E-state index in [4.69, 9.17) is 9.52 Å². The molecule has 0 spiro atoms. The first-order valence-corrected chi connectivity index (χ1v) is 5.78. The smallest absolute Gasteiger partial charge is 0.325 e. The summed E-state index contributed by atoms with van der Waals surface area (Å²) in [7, 11) is 0. The molecule has 9 nitrogen and oxygen atoms in total. The van der Waals surface area contributed by atoms with Gasteiger partial charge in [0.1, 0.15) is 18.0 Å². The number of hydrogen-bond donors (Lipinski definition) is 3. The molecule has 0 atom stereocenters. The second kappa shape index (κ2) is 6.36. The second-order valence-electron chi connectivity index (χ2n) is 3.92. The maximum absolute atomic E-state index is 11.5. The molecule has 2 rings (SSSR count). The Balaban J connectivity index is 1.72. The topological polar surface area (TPSA) is 122 Å². The Morgan fingerprint density at radius 3 is 2.85 bits per heavy atom. The van der Waals surface area contributed by atoms with Gasteiger partial charge in [0.15, 0.2) is 0 Å². The van der Waals surface area contributed by atoms with Crippen LogP contribution >= 0.6 is 0 Å². The summed E-state index contributed by atoms with van der Waals surface area (Å²) in [4.78, 5) is 21.9. The molecular weight excluding hydrogens is 266 g/mol. The quantitative estimate of drug-likeness (QED) is 0.681. The molecule has 0 aromatic carbocycles. The number of rotatable bonds is 6. The molecule has 0 radical (unpaired) electrons.